The summed E-state index contributed by atoms with van der Waals surface area (Å²) in [7, 11) is 1.30. The van der Waals surface area contributed by atoms with Gasteiger partial charge in [-0.1, -0.05) is 6.92 Å². The highest BCUT2D eigenvalue weighted by molar-refractivity contribution is 5.85. The summed E-state index contributed by atoms with van der Waals surface area (Å²) in [6.07, 6.45) is 1.85. The summed E-state index contributed by atoms with van der Waals surface area (Å²) >= 11 is 0. The number of ether oxygens (including phenoxy) is 2. The van der Waals surface area contributed by atoms with Crippen LogP contribution in [0.4, 0.5) is 4.39 Å². The quantitative estimate of drug-likeness (QED) is 0.519. The van der Waals surface area contributed by atoms with Crippen molar-refractivity contribution in [3.05, 3.63) is 11.9 Å². The highest BCUT2D eigenvalue weighted by atomic mass is 19.1. The normalized spacial score (nSPS) is 13.1. The molecule has 4 nitrogen and oxygen atoms in total. The van der Waals surface area contributed by atoms with Gasteiger partial charge < -0.3 is 9.47 Å². The van der Waals surface area contributed by atoms with Crippen LogP contribution in [0.3, 0.4) is 0 Å². The molecule has 1 atom stereocenters. The monoisotopic (exact) mass is 232 g/mol. The number of carbonyl (C=O) groups is 2. The molecule has 16 heavy (non-hydrogen) atoms. The van der Waals surface area contributed by atoms with Crippen LogP contribution in [0.5, 0.6) is 0 Å². The zero-order valence-electron chi connectivity index (χ0n) is 9.79. The molecule has 0 spiro atoms. The Balaban J connectivity index is 3.99. The average molecular weight is 232 g/mol. The highest BCUT2D eigenvalue weighted by Gasteiger charge is 2.13. The molecular weight excluding hydrogens is 215 g/mol. The molecule has 0 bridgehead atoms. The fourth-order valence-electron chi connectivity index (χ4n) is 1.06. The molecule has 5 heteroatoms. The van der Waals surface area contributed by atoms with Crippen LogP contribution in [0, 0.1) is 5.92 Å². The van der Waals surface area contributed by atoms with Crippen LogP contribution >= 0.6 is 0 Å². The lowest BCUT2D eigenvalue weighted by molar-refractivity contribution is -0.145. The van der Waals surface area contributed by atoms with Gasteiger partial charge in [0, 0.05) is 0 Å². The van der Waals surface area contributed by atoms with E-state index in [1.807, 2.05) is 0 Å². The van der Waals surface area contributed by atoms with Crippen molar-refractivity contribution in [2.75, 3.05) is 13.7 Å². The summed E-state index contributed by atoms with van der Waals surface area (Å²) in [4.78, 5) is 21.8. The minimum absolute atomic E-state index is 0.138. The molecule has 0 aliphatic rings. The molecule has 0 heterocycles. The number of carbonyl (C=O) groups excluding carboxylic acids is 2. The molecule has 0 aliphatic heterocycles. The first-order chi connectivity index (χ1) is 7.52. The minimum Gasteiger partial charge on any atom is -0.469 e. The van der Waals surface area contributed by atoms with Crippen molar-refractivity contribution >= 4 is 11.9 Å². The first-order valence-corrected chi connectivity index (χ1v) is 5.13. The summed E-state index contributed by atoms with van der Waals surface area (Å²) in [6.45, 7) is 3.42. The van der Waals surface area contributed by atoms with Gasteiger partial charge in [-0.2, -0.15) is 4.39 Å². The lowest BCUT2D eigenvalue weighted by Crippen LogP contribution is -2.12. The fraction of sp³-hybridized carbons (Fsp3) is 0.636. The van der Waals surface area contributed by atoms with E-state index in [-0.39, 0.29) is 18.5 Å². The number of esters is 2. The summed E-state index contributed by atoms with van der Waals surface area (Å²) in [6, 6.07) is 0. The summed E-state index contributed by atoms with van der Waals surface area (Å²) in [5.41, 5.74) is 0. The lowest BCUT2D eigenvalue weighted by atomic mass is 10.1. The third kappa shape index (κ3) is 5.48. The van der Waals surface area contributed by atoms with Crippen molar-refractivity contribution in [2.45, 2.75) is 26.7 Å². The second kappa shape index (κ2) is 7.84. The van der Waals surface area contributed by atoms with Crippen LogP contribution in [-0.4, -0.2) is 25.7 Å². The van der Waals surface area contributed by atoms with E-state index in [4.69, 9.17) is 0 Å². The Morgan fingerprint density at radius 2 is 2.06 bits per heavy atom. The van der Waals surface area contributed by atoms with Crippen molar-refractivity contribution in [1.29, 1.82) is 0 Å². The zero-order valence-corrected chi connectivity index (χ0v) is 9.79. The van der Waals surface area contributed by atoms with Gasteiger partial charge in [-0.25, -0.2) is 4.79 Å². The first kappa shape index (κ1) is 14.6. The Labute approximate surface area is 94.4 Å². The van der Waals surface area contributed by atoms with Crippen LogP contribution < -0.4 is 0 Å². The SMILES string of the molecule is CCOC(=O)/C(F)=C\CC[C@@H](C)C(=O)OC. The van der Waals surface area contributed by atoms with E-state index in [1.165, 1.54) is 7.11 Å². The minimum atomic E-state index is -0.965. The van der Waals surface area contributed by atoms with Gasteiger partial charge in [0.25, 0.3) is 0 Å². The molecular formula is C11H17FO4. The second-order valence-corrected chi connectivity index (χ2v) is 3.27. The molecule has 0 aromatic heterocycles. The number of rotatable bonds is 6. The third-order valence-corrected chi connectivity index (χ3v) is 2.00. The summed E-state index contributed by atoms with van der Waals surface area (Å²) in [5.74, 6) is -2.53. The predicted octanol–water partition coefficient (Wildman–Crippen LogP) is 1.99. The molecule has 0 N–H and O–H groups in total. The van der Waals surface area contributed by atoms with E-state index in [1.54, 1.807) is 13.8 Å². The molecule has 0 aromatic rings. The maximum atomic E-state index is 13.0. The predicted molar refractivity (Wildman–Crippen MR) is 56.2 cm³/mol. The summed E-state index contributed by atoms with van der Waals surface area (Å²) in [5, 5.41) is 0. The van der Waals surface area contributed by atoms with Gasteiger partial charge in [0.15, 0.2) is 0 Å². The first-order valence-electron chi connectivity index (χ1n) is 5.13. The molecule has 0 radical (unpaired) electrons. The fourth-order valence-corrected chi connectivity index (χ4v) is 1.06. The molecule has 0 saturated carbocycles. The molecule has 0 fully saturated rings. The molecule has 0 amide bonds. The zero-order chi connectivity index (χ0) is 12.6. The molecule has 0 unspecified atom stereocenters. The van der Waals surface area contributed by atoms with Gasteiger partial charge >= 0.3 is 11.9 Å². The van der Waals surface area contributed by atoms with E-state index in [0.717, 1.165) is 6.08 Å². The lowest BCUT2D eigenvalue weighted by Gasteiger charge is -2.06. The third-order valence-electron chi connectivity index (χ3n) is 2.00. The van der Waals surface area contributed by atoms with Crippen molar-refractivity contribution in [1.82, 2.24) is 0 Å². The van der Waals surface area contributed by atoms with Crippen molar-refractivity contribution in [2.24, 2.45) is 5.92 Å². The van der Waals surface area contributed by atoms with Gasteiger partial charge in [0.2, 0.25) is 5.83 Å². The van der Waals surface area contributed by atoms with Crippen molar-refractivity contribution in [3.63, 3.8) is 0 Å². The Kier molecular flexibility index (Phi) is 7.16. The van der Waals surface area contributed by atoms with Crippen molar-refractivity contribution in [3.8, 4) is 0 Å². The van der Waals surface area contributed by atoms with Crippen LogP contribution in [0.15, 0.2) is 11.9 Å². The van der Waals surface area contributed by atoms with E-state index >= 15 is 0 Å². The van der Waals surface area contributed by atoms with E-state index in [2.05, 4.69) is 9.47 Å². The number of methoxy groups -OCH3 is 1. The number of hydrogen-bond acceptors (Lipinski definition) is 4. The van der Waals surface area contributed by atoms with Crippen molar-refractivity contribution < 1.29 is 23.5 Å². The maximum absolute atomic E-state index is 13.0. The van der Waals surface area contributed by atoms with Gasteiger partial charge in [0.1, 0.15) is 0 Å². The topological polar surface area (TPSA) is 52.6 Å². The van der Waals surface area contributed by atoms with E-state index in [0.29, 0.717) is 12.8 Å². The number of hydrogen-bond donors (Lipinski definition) is 0. The van der Waals surface area contributed by atoms with Gasteiger partial charge in [-0.05, 0) is 25.8 Å². The van der Waals surface area contributed by atoms with Gasteiger partial charge in [0.05, 0.1) is 19.6 Å². The van der Waals surface area contributed by atoms with Crippen LogP contribution in [0.25, 0.3) is 0 Å². The Hall–Kier alpha value is -1.39. The Bertz CT molecular complexity index is 273. The Morgan fingerprint density at radius 1 is 1.44 bits per heavy atom. The number of halogens is 1. The van der Waals surface area contributed by atoms with Crippen LogP contribution in [0.2, 0.25) is 0 Å². The average Bonchev–Trinajstić information content (AvgIpc) is 2.27. The Morgan fingerprint density at radius 3 is 2.56 bits per heavy atom. The van der Waals surface area contributed by atoms with E-state index < -0.39 is 11.8 Å². The van der Waals surface area contributed by atoms with E-state index in [9.17, 15) is 14.0 Å². The largest absolute Gasteiger partial charge is 0.469 e. The number of allylic oxidation sites excluding steroid dienone is 1. The smallest absolute Gasteiger partial charge is 0.366 e. The molecule has 0 saturated heterocycles. The highest BCUT2D eigenvalue weighted by Crippen LogP contribution is 2.10. The van der Waals surface area contributed by atoms with Crippen LogP contribution in [-0.2, 0) is 19.1 Å². The molecule has 0 aliphatic carbocycles. The molecule has 92 valence electrons. The molecule has 0 rings (SSSR count). The van der Waals surface area contributed by atoms with Crippen LogP contribution in [0.1, 0.15) is 26.7 Å². The van der Waals surface area contributed by atoms with Gasteiger partial charge in [-0.15, -0.1) is 0 Å². The maximum Gasteiger partial charge on any atom is 0.366 e. The summed E-state index contributed by atoms with van der Waals surface area (Å²) < 4.78 is 22.0. The standard InChI is InChI=1S/C11H17FO4/c1-4-16-11(14)9(12)7-5-6-8(2)10(13)15-3/h7-8H,4-6H2,1-3H3/b9-7+/t8-/m1/s1. The molecule has 0 aromatic carbocycles. The second-order valence-electron chi connectivity index (χ2n) is 3.27. The van der Waals surface area contributed by atoms with Gasteiger partial charge in [-0.3, -0.25) is 4.79 Å².